The van der Waals surface area contributed by atoms with Crippen molar-refractivity contribution in [2.24, 2.45) is 0 Å². The number of fused-ring (bicyclic) bond motifs is 10. The number of hydrogen-bond donors (Lipinski definition) is 0. The van der Waals surface area contributed by atoms with E-state index in [1.807, 2.05) is 18.2 Å². The molecular weight excluding hydrogens is 665 g/mol. The van der Waals surface area contributed by atoms with Gasteiger partial charge in [0.05, 0.1) is 16.8 Å². The molecule has 0 unspecified atom stereocenters. The van der Waals surface area contributed by atoms with Crippen LogP contribution in [0.4, 0.5) is 0 Å². The molecule has 0 bridgehead atoms. The minimum Gasteiger partial charge on any atom is -0.228 e. The van der Waals surface area contributed by atoms with Crippen molar-refractivity contribution >= 4 is 0 Å². The van der Waals surface area contributed by atoms with E-state index in [2.05, 4.69) is 188 Å². The van der Waals surface area contributed by atoms with E-state index in [4.69, 9.17) is 9.97 Å². The molecule has 0 saturated heterocycles. The highest BCUT2D eigenvalue weighted by molar-refractivity contribution is 5.96. The van der Waals surface area contributed by atoms with Crippen LogP contribution in [0.25, 0.3) is 78.4 Å². The van der Waals surface area contributed by atoms with Crippen molar-refractivity contribution in [1.29, 1.82) is 0 Å². The van der Waals surface area contributed by atoms with Gasteiger partial charge in [0.15, 0.2) is 5.82 Å². The maximum Gasteiger partial charge on any atom is 0.160 e. The lowest BCUT2D eigenvalue weighted by molar-refractivity contribution is 0.794. The summed E-state index contributed by atoms with van der Waals surface area (Å²) in [6.45, 7) is 0. The molecule has 55 heavy (non-hydrogen) atoms. The molecular formula is C53H34N2. The summed E-state index contributed by atoms with van der Waals surface area (Å²) in [6.07, 6.45) is 0. The largest absolute Gasteiger partial charge is 0.228 e. The molecule has 11 rings (SSSR count). The summed E-state index contributed by atoms with van der Waals surface area (Å²) < 4.78 is 0. The first kappa shape index (κ1) is 31.4. The molecule has 2 heteroatoms. The minimum absolute atomic E-state index is 0.365. The number of benzene rings is 8. The predicted molar refractivity (Wildman–Crippen MR) is 226 cm³/mol. The maximum atomic E-state index is 5.16. The molecule has 256 valence electrons. The summed E-state index contributed by atoms with van der Waals surface area (Å²) in [6, 6.07) is 74.3. The Labute approximate surface area is 321 Å². The van der Waals surface area contributed by atoms with E-state index in [0.29, 0.717) is 5.82 Å². The molecule has 1 spiro atoms. The third-order valence-corrected chi connectivity index (χ3v) is 11.6. The first-order valence-electron chi connectivity index (χ1n) is 18.9. The van der Waals surface area contributed by atoms with Gasteiger partial charge < -0.3 is 0 Å². The quantitative estimate of drug-likeness (QED) is 0.179. The zero-order valence-corrected chi connectivity index (χ0v) is 30.0. The van der Waals surface area contributed by atoms with Crippen LogP contribution in [0.3, 0.4) is 0 Å². The Morgan fingerprint density at radius 2 is 0.691 bits per heavy atom. The zero-order valence-electron chi connectivity index (χ0n) is 30.0. The van der Waals surface area contributed by atoms with E-state index in [0.717, 1.165) is 39.2 Å². The molecule has 0 radical (unpaired) electrons. The van der Waals surface area contributed by atoms with Crippen LogP contribution in [0.2, 0.25) is 0 Å². The molecule has 0 atom stereocenters. The van der Waals surface area contributed by atoms with Crippen molar-refractivity contribution in [3.05, 3.63) is 229 Å². The second kappa shape index (κ2) is 12.5. The highest BCUT2D eigenvalue weighted by atomic mass is 14.9. The van der Waals surface area contributed by atoms with Crippen LogP contribution in [-0.2, 0) is 5.41 Å². The van der Waals surface area contributed by atoms with Gasteiger partial charge in [-0.05, 0) is 78.9 Å². The zero-order chi connectivity index (χ0) is 36.3. The summed E-state index contributed by atoms with van der Waals surface area (Å²) in [4.78, 5) is 10.3. The molecule has 2 aliphatic carbocycles. The second-order valence-corrected chi connectivity index (χ2v) is 14.5. The van der Waals surface area contributed by atoms with Crippen molar-refractivity contribution in [2.75, 3.05) is 0 Å². The first-order chi connectivity index (χ1) is 27.3. The molecule has 0 aliphatic heterocycles. The normalized spacial score (nSPS) is 12.9. The molecule has 9 aromatic rings. The first-order valence-corrected chi connectivity index (χ1v) is 18.9. The molecule has 8 aromatic carbocycles. The number of rotatable bonds is 5. The summed E-state index contributed by atoms with van der Waals surface area (Å²) in [7, 11) is 0. The molecule has 0 saturated carbocycles. The fourth-order valence-electron chi connectivity index (χ4n) is 9.13. The van der Waals surface area contributed by atoms with Crippen LogP contribution < -0.4 is 0 Å². The van der Waals surface area contributed by atoms with E-state index in [-0.39, 0.29) is 5.41 Å². The fourth-order valence-corrected chi connectivity index (χ4v) is 9.13. The Hall–Kier alpha value is -7.16. The predicted octanol–water partition coefficient (Wildman–Crippen LogP) is 13.2. The van der Waals surface area contributed by atoms with Crippen molar-refractivity contribution < 1.29 is 0 Å². The van der Waals surface area contributed by atoms with E-state index in [9.17, 15) is 0 Å². The summed E-state index contributed by atoms with van der Waals surface area (Å²) in [5, 5.41) is 0. The minimum atomic E-state index is -0.365. The van der Waals surface area contributed by atoms with Crippen molar-refractivity contribution in [2.45, 2.75) is 5.41 Å². The van der Waals surface area contributed by atoms with Gasteiger partial charge in [-0.2, -0.15) is 0 Å². The lowest BCUT2D eigenvalue weighted by Gasteiger charge is -2.30. The van der Waals surface area contributed by atoms with Gasteiger partial charge in [-0.25, -0.2) is 9.97 Å². The Morgan fingerprint density at radius 3 is 1.29 bits per heavy atom. The average molecular weight is 699 g/mol. The van der Waals surface area contributed by atoms with Crippen LogP contribution >= 0.6 is 0 Å². The standard InChI is InChI=1S/C53H34N2/c1-3-15-36(16-4-1)40-19-7-8-23-45(40)51-34-50(54-52(55-51)38-17-5-2-6-18-38)37-29-27-35(28-30-37)39-31-32-44-43-22-11-14-26-48(43)53(49(44)33-39)46-24-12-9-20-41(46)42-21-10-13-25-47(42)53/h1-34H. The van der Waals surface area contributed by atoms with Gasteiger partial charge in [0, 0.05) is 16.7 Å². The van der Waals surface area contributed by atoms with E-state index in [1.54, 1.807) is 0 Å². The molecule has 0 fully saturated rings. The van der Waals surface area contributed by atoms with Gasteiger partial charge >= 0.3 is 0 Å². The average Bonchev–Trinajstić information content (AvgIpc) is 3.74. The number of nitrogens with zero attached hydrogens (tertiary/aromatic N) is 2. The summed E-state index contributed by atoms with van der Waals surface area (Å²) in [5.74, 6) is 0.709. The smallest absolute Gasteiger partial charge is 0.160 e. The monoisotopic (exact) mass is 698 g/mol. The Bertz CT molecular complexity index is 2850. The van der Waals surface area contributed by atoms with Gasteiger partial charge in [0.2, 0.25) is 0 Å². The molecule has 1 heterocycles. The second-order valence-electron chi connectivity index (χ2n) is 14.5. The van der Waals surface area contributed by atoms with E-state index >= 15 is 0 Å². The molecule has 2 aliphatic rings. The van der Waals surface area contributed by atoms with Gasteiger partial charge in [-0.1, -0.05) is 194 Å². The van der Waals surface area contributed by atoms with Gasteiger partial charge in [0.25, 0.3) is 0 Å². The van der Waals surface area contributed by atoms with E-state index < -0.39 is 0 Å². The lowest BCUT2D eigenvalue weighted by atomic mass is 9.70. The van der Waals surface area contributed by atoms with Gasteiger partial charge in [-0.3, -0.25) is 0 Å². The topological polar surface area (TPSA) is 25.8 Å². The third-order valence-electron chi connectivity index (χ3n) is 11.6. The number of hydrogen-bond acceptors (Lipinski definition) is 2. The van der Waals surface area contributed by atoms with Crippen LogP contribution in [-0.4, -0.2) is 9.97 Å². The molecule has 0 N–H and O–H groups in total. The maximum absolute atomic E-state index is 5.16. The Balaban J connectivity index is 1.04. The van der Waals surface area contributed by atoms with Crippen LogP contribution in [0.5, 0.6) is 0 Å². The lowest BCUT2D eigenvalue weighted by Crippen LogP contribution is -2.25. The van der Waals surface area contributed by atoms with Crippen LogP contribution in [0, 0.1) is 0 Å². The van der Waals surface area contributed by atoms with Gasteiger partial charge in [-0.15, -0.1) is 0 Å². The molecule has 2 nitrogen and oxygen atoms in total. The van der Waals surface area contributed by atoms with Crippen LogP contribution in [0.15, 0.2) is 206 Å². The summed E-state index contributed by atoms with van der Waals surface area (Å²) >= 11 is 0. The van der Waals surface area contributed by atoms with Crippen LogP contribution in [0.1, 0.15) is 22.3 Å². The highest BCUT2D eigenvalue weighted by Gasteiger charge is 2.51. The SMILES string of the molecule is c1ccc(-c2nc(-c3ccc(-c4ccc5c(c4)C4(c6ccccc6-c6ccccc64)c4ccccc4-5)cc3)cc(-c3ccccc3-c3ccccc3)n2)cc1. The highest BCUT2D eigenvalue weighted by Crippen LogP contribution is 2.63. The van der Waals surface area contributed by atoms with Gasteiger partial charge in [0.1, 0.15) is 0 Å². The third kappa shape index (κ3) is 4.82. The molecule has 0 amide bonds. The van der Waals surface area contributed by atoms with Crippen molar-refractivity contribution in [3.63, 3.8) is 0 Å². The van der Waals surface area contributed by atoms with E-state index in [1.165, 1.54) is 55.6 Å². The molecule has 1 aromatic heterocycles. The Kier molecular flexibility index (Phi) is 7.11. The Morgan fingerprint density at radius 1 is 0.255 bits per heavy atom. The summed E-state index contributed by atoms with van der Waals surface area (Å²) in [5.41, 5.74) is 19.9. The fraction of sp³-hybridized carbons (Fsp3) is 0.0189. The van der Waals surface area contributed by atoms with Crippen molar-refractivity contribution in [3.8, 4) is 78.4 Å². The number of aromatic nitrogens is 2. The van der Waals surface area contributed by atoms with Crippen molar-refractivity contribution in [1.82, 2.24) is 9.97 Å².